The van der Waals surface area contributed by atoms with Crippen LogP contribution in [0.5, 0.6) is 0 Å². The van der Waals surface area contributed by atoms with Gasteiger partial charge in [0.1, 0.15) is 6.54 Å². The number of esters is 1. The summed E-state index contributed by atoms with van der Waals surface area (Å²) in [5.74, 6) is -0.432. The highest BCUT2D eigenvalue weighted by molar-refractivity contribution is 5.83. The van der Waals surface area contributed by atoms with Crippen LogP contribution in [0.1, 0.15) is 18.9 Å². The first-order valence-electron chi connectivity index (χ1n) is 6.06. The Labute approximate surface area is 108 Å². The third-order valence-corrected chi connectivity index (χ3v) is 2.59. The molecule has 0 aliphatic heterocycles. The Morgan fingerprint density at radius 2 is 1.89 bits per heavy atom. The van der Waals surface area contributed by atoms with Crippen molar-refractivity contribution in [1.29, 1.82) is 0 Å². The average Bonchev–Trinajstić information content (AvgIpc) is 2.39. The molecule has 0 spiro atoms. The van der Waals surface area contributed by atoms with Gasteiger partial charge in [-0.1, -0.05) is 37.3 Å². The van der Waals surface area contributed by atoms with Gasteiger partial charge < -0.3 is 9.64 Å². The molecule has 1 amide bonds. The molecule has 0 saturated carbocycles. The Balaban J connectivity index is 2.62. The first-order chi connectivity index (χ1) is 8.67. The highest BCUT2D eigenvalue weighted by Gasteiger charge is 2.16. The van der Waals surface area contributed by atoms with Crippen molar-refractivity contribution in [2.24, 2.45) is 0 Å². The molecule has 0 aliphatic carbocycles. The van der Waals surface area contributed by atoms with Crippen molar-refractivity contribution in [3.63, 3.8) is 0 Å². The minimum Gasteiger partial charge on any atom is -0.468 e. The van der Waals surface area contributed by atoms with Crippen LogP contribution in [0.4, 0.5) is 0 Å². The Kier molecular flexibility index (Phi) is 5.91. The largest absolute Gasteiger partial charge is 0.468 e. The van der Waals surface area contributed by atoms with Gasteiger partial charge in [0.2, 0.25) is 5.91 Å². The molecule has 0 fully saturated rings. The Hall–Kier alpha value is -1.84. The molecule has 1 aromatic rings. The van der Waals surface area contributed by atoms with Crippen LogP contribution in [-0.4, -0.2) is 37.0 Å². The van der Waals surface area contributed by atoms with Crippen LogP contribution in [0.2, 0.25) is 0 Å². The molecule has 4 heteroatoms. The van der Waals surface area contributed by atoms with Gasteiger partial charge in [0.05, 0.1) is 13.5 Å². The van der Waals surface area contributed by atoms with Gasteiger partial charge in [-0.2, -0.15) is 0 Å². The average molecular weight is 249 g/mol. The van der Waals surface area contributed by atoms with Crippen molar-refractivity contribution in [3.05, 3.63) is 35.9 Å². The van der Waals surface area contributed by atoms with E-state index in [1.54, 1.807) is 4.90 Å². The maximum atomic E-state index is 12.1. The lowest BCUT2D eigenvalue weighted by atomic mass is 10.1. The lowest BCUT2D eigenvalue weighted by molar-refractivity contribution is -0.146. The minimum absolute atomic E-state index is 0.0238. The van der Waals surface area contributed by atoms with Crippen molar-refractivity contribution in [3.8, 4) is 0 Å². The van der Waals surface area contributed by atoms with Gasteiger partial charge in [-0.3, -0.25) is 9.59 Å². The quantitative estimate of drug-likeness (QED) is 0.720. The van der Waals surface area contributed by atoms with Crippen LogP contribution in [-0.2, 0) is 20.7 Å². The predicted molar refractivity (Wildman–Crippen MR) is 69.0 cm³/mol. The number of benzene rings is 1. The second kappa shape index (κ2) is 7.48. The molecule has 1 rings (SSSR count). The fraction of sp³-hybridized carbons (Fsp3) is 0.429. The molecule has 4 nitrogen and oxygen atoms in total. The summed E-state index contributed by atoms with van der Waals surface area (Å²) in [4.78, 5) is 24.9. The number of carbonyl (C=O) groups is 2. The van der Waals surface area contributed by atoms with Crippen LogP contribution < -0.4 is 0 Å². The van der Waals surface area contributed by atoms with E-state index in [-0.39, 0.29) is 18.4 Å². The van der Waals surface area contributed by atoms with Gasteiger partial charge in [0.25, 0.3) is 0 Å². The van der Waals surface area contributed by atoms with E-state index < -0.39 is 0 Å². The van der Waals surface area contributed by atoms with Gasteiger partial charge in [0, 0.05) is 6.54 Å². The van der Waals surface area contributed by atoms with E-state index >= 15 is 0 Å². The van der Waals surface area contributed by atoms with Gasteiger partial charge >= 0.3 is 5.97 Å². The molecule has 0 heterocycles. The van der Waals surface area contributed by atoms with Gasteiger partial charge in [-0.25, -0.2) is 0 Å². The maximum absolute atomic E-state index is 12.1. The molecule has 0 aromatic heterocycles. The molecule has 0 aliphatic rings. The summed E-state index contributed by atoms with van der Waals surface area (Å²) in [5.41, 5.74) is 0.952. The number of amides is 1. The fourth-order valence-corrected chi connectivity index (χ4v) is 1.66. The predicted octanol–water partition coefficient (Wildman–Crippen LogP) is 1.64. The number of ether oxygens (including phenoxy) is 1. The van der Waals surface area contributed by atoms with E-state index in [4.69, 9.17) is 0 Å². The topological polar surface area (TPSA) is 46.6 Å². The lowest BCUT2D eigenvalue weighted by Crippen LogP contribution is -2.37. The zero-order valence-electron chi connectivity index (χ0n) is 10.9. The number of hydrogen-bond acceptors (Lipinski definition) is 3. The molecule has 18 heavy (non-hydrogen) atoms. The first kappa shape index (κ1) is 14.2. The summed E-state index contributed by atoms with van der Waals surface area (Å²) >= 11 is 0. The molecule has 0 saturated heterocycles. The maximum Gasteiger partial charge on any atom is 0.325 e. The van der Waals surface area contributed by atoms with E-state index in [0.717, 1.165) is 12.0 Å². The minimum atomic E-state index is -0.384. The summed E-state index contributed by atoms with van der Waals surface area (Å²) in [6.45, 7) is 2.57. The third kappa shape index (κ3) is 4.57. The smallest absolute Gasteiger partial charge is 0.325 e. The van der Waals surface area contributed by atoms with Crippen molar-refractivity contribution in [2.45, 2.75) is 19.8 Å². The molecule has 0 atom stereocenters. The van der Waals surface area contributed by atoms with Gasteiger partial charge in [-0.05, 0) is 12.0 Å². The second-order valence-electron chi connectivity index (χ2n) is 4.05. The summed E-state index contributed by atoms with van der Waals surface area (Å²) in [6, 6.07) is 9.51. The Morgan fingerprint density at radius 1 is 1.22 bits per heavy atom. The summed E-state index contributed by atoms with van der Waals surface area (Å²) < 4.78 is 4.59. The van der Waals surface area contributed by atoms with E-state index in [2.05, 4.69) is 4.74 Å². The van der Waals surface area contributed by atoms with Crippen LogP contribution >= 0.6 is 0 Å². The zero-order chi connectivity index (χ0) is 13.4. The summed E-state index contributed by atoms with van der Waals surface area (Å²) in [7, 11) is 1.33. The molecular weight excluding hydrogens is 230 g/mol. The van der Waals surface area contributed by atoms with Gasteiger partial charge in [0.15, 0.2) is 0 Å². The molecule has 0 bridgehead atoms. The molecular formula is C14H19NO3. The van der Waals surface area contributed by atoms with E-state index in [9.17, 15) is 9.59 Å². The monoisotopic (exact) mass is 249 g/mol. The molecule has 1 aromatic carbocycles. The van der Waals surface area contributed by atoms with E-state index in [1.807, 2.05) is 37.3 Å². The third-order valence-electron chi connectivity index (χ3n) is 2.59. The summed E-state index contributed by atoms with van der Waals surface area (Å²) in [5, 5.41) is 0. The number of carbonyl (C=O) groups excluding carboxylic acids is 2. The number of hydrogen-bond donors (Lipinski definition) is 0. The van der Waals surface area contributed by atoms with Crippen LogP contribution in [0.3, 0.4) is 0 Å². The highest BCUT2D eigenvalue weighted by atomic mass is 16.5. The van der Waals surface area contributed by atoms with Crippen LogP contribution in [0.15, 0.2) is 30.3 Å². The highest BCUT2D eigenvalue weighted by Crippen LogP contribution is 2.04. The van der Waals surface area contributed by atoms with Gasteiger partial charge in [-0.15, -0.1) is 0 Å². The lowest BCUT2D eigenvalue weighted by Gasteiger charge is -2.20. The van der Waals surface area contributed by atoms with Crippen molar-refractivity contribution < 1.29 is 14.3 Å². The first-order valence-corrected chi connectivity index (χ1v) is 6.06. The second-order valence-corrected chi connectivity index (χ2v) is 4.05. The van der Waals surface area contributed by atoms with E-state index in [1.165, 1.54) is 7.11 Å². The number of nitrogens with zero attached hydrogens (tertiary/aromatic N) is 1. The SMILES string of the molecule is CCCN(CC(=O)OC)C(=O)Cc1ccccc1. The Bertz CT molecular complexity index is 389. The molecule has 0 radical (unpaired) electrons. The molecule has 0 N–H and O–H groups in total. The number of rotatable bonds is 6. The van der Waals surface area contributed by atoms with Crippen molar-refractivity contribution in [1.82, 2.24) is 4.90 Å². The zero-order valence-corrected chi connectivity index (χ0v) is 10.9. The molecule has 0 unspecified atom stereocenters. The fourth-order valence-electron chi connectivity index (χ4n) is 1.66. The van der Waals surface area contributed by atoms with Crippen molar-refractivity contribution in [2.75, 3.05) is 20.2 Å². The molecule has 98 valence electrons. The Morgan fingerprint density at radius 3 is 2.44 bits per heavy atom. The number of methoxy groups -OCH3 is 1. The van der Waals surface area contributed by atoms with Crippen LogP contribution in [0.25, 0.3) is 0 Å². The van der Waals surface area contributed by atoms with Crippen LogP contribution in [0, 0.1) is 0 Å². The normalized spacial score (nSPS) is 9.89. The van der Waals surface area contributed by atoms with E-state index in [0.29, 0.717) is 13.0 Å². The van der Waals surface area contributed by atoms with Crippen molar-refractivity contribution >= 4 is 11.9 Å². The summed E-state index contributed by atoms with van der Waals surface area (Å²) in [6.07, 6.45) is 1.13. The standard InChI is InChI=1S/C14H19NO3/c1-3-9-15(11-14(17)18-2)13(16)10-12-7-5-4-6-8-12/h4-8H,3,9-11H2,1-2H3.